The lowest BCUT2D eigenvalue weighted by molar-refractivity contribution is 0.248. The molecule has 6 heteroatoms. The quantitative estimate of drug-likeness (QED) is 0.858. The number of carbonyl (C=O) groups is 1. The molecule has 0 fully saturated rings. The molecule has 0 saturated carbocycles. The Morgan fingerprint density at radius 2 is 2.14 bits per heavy atom. The van der Waals surface area contributed by atoms with Gasteiger partial charge in [-0.25, -0.2) is 9.78 Å². The molecule has 21 heavy (non-hydrogen) atoms. The van der Waals surface area contributed by atoms with Crippen molar-refractivity contribution in [2.45, 2.75) is 26.4 Å². The van der Waals surface area contributed by atoms with Gasteiger partial charge in [-0.1, -0.05) is 0 Å². The normalized spacial score (nSPS) is 11.7. The Labute approximate surface area is 124 Å². The summed E-state index contributed by atoms with van der Waals surface area (Å²) in [6.07, 6.45) is 5.30. The number of urea groups is 1. The van der Waals surface area contributed by atoms with E-state index in [1.54, 1.807) is 12.5 Å². The molecule has 0 saturated heterocycles. The summed E-state index contributed by atoms with van der Waals surface area (Å²) >= 11 is 0. The topological polar surface area (TPSA) is 68.2 Å². The highest BCUT2D eigenvalue weighted by molar-refractivity contribution is 5.89. The van der Waals surface area contributed by atoms with E-state index < -0.39 is 0 Å². The van der Waals surface area contributed by atoms with Crippen LogP contribution in [0.2, 0.25) is 0 Å². The monoisotopic (exact) mass is 288 g/mol. The molecule has 0 spiro atoms. The van der Waals surface area contributed by atoms with Crippen LogP contribution >= 0.6 is 0 Å². The van der Waals surface area contributed by atoms with Crippen LogP contribution in [0.1, 0.15) is 13.8 Å². The largest absolute Gasteiger partial charge is 0.494 e. The van der Waals surface area contributed by atoms with Gasteiger partial charge in [-0.3, -0.25) is 0 Å². The third-order valence-corrected chi connectivity index (χ3v) is 2.84. The first-order valence-corrected chi connectivity index (χ1v) is 6.93. The number of nitrogens with zero attached hydrogens (tertiary/aromatic N) is 2. The molecule has 1 aromatic heterocycles. The van der Waals surface area contributed by atoms with Gasteiger partial charge in [-0.2, -0.15) is 0 Å². The average Bonchev–Trinajstić information content (AvgIpc) is 2.93. The molecule has 0 radical (unpaired) electrons. The van der Waals surface area contributed by atoms with Crippen molar-refractivity contribution in [3.63, 3.8) is 0 Å². The first-order chi connectivity index (χ1) is 10.2. The highest BCUT2D eigenvalue weighted by atomic mass is 16.5. The van der Waals surface area contributed by atoms with Gasteiger partial charge in [0.1, 0.15) is 5.75 Å². The van der Waals surface area contributed by atoms with Gasteiger partial charge < -0.3 is 19.9 Å². The number of aromatic nitrogens is 2. The minimum Gasteiger partial charge on any atom is -0.494 e. The molecular weight excluding hydrogens is 268 g/mol. The lowest BCUT2D eigenvalue weighted by Crippen LogP contribution is -2.38. The number of rotatable bonds is 6. The maximum atomic E-state index is 11.9. The Kier molecular flexibility index (Phi) is 5.20. The van der Waals surface area contributed by atoms with Crippen LogP contribution in [0.15, 0.2) is 43.0 Å². The van der Waals surface area contributed by atoms with Crippen molar-refractivity contribution in [1.82, 2.24) is 14.9 Å². The van der Waals surface area contributed by atoms with Gasteiger partial charge in [-0.05, 0) is 38.1 Å². The highest BCUT2D eigenvalue weighted by Crippen LogP contribution is 2.15. The van der Waals surface area contributed by atoms with Crippen LogP contribution in [0, 0.1) is 0 Å². The maximum Gasteiger partial charge on any atom is 0.319 e. The van der Waals surface area contributed by atoms with Crippen LogP contribution in [0.3, 0.4) is 0 Å². The summed E-state index contributed by atoms with van der Waals surface area (Å²) in [5.74, 6) is 0.789. The molecule has 0 aliphatic heterocycles. The zero-order valence-electron chi connectivity index (χ0n) is 12.2. The first-order valence-electron chi connectivity index (χ1n) is 6.93. The first kappa shape index (κ1) is 14.9. The molecular formula is C15H20N4O2. The van der Waals surface area contributed by atoms with E-state index >= 15 is 0 Å². The Morgan fingerprint density at radius 3 is 2.76 bits per heavy atom. The number of nitrogens with one attached hydrogen (secondary N) is 2. The average molecular weight is 288 g/mol. The van der Waals surface area contributed by atoms with Crippen molar-refractivity contribution in [2.75, 3.05) is 11.9 Å². The Balaban J connectivity index is 1.80. The molecule has 2 rings (SSSR count). The fourth-order valence-electron chi connectivity index (χ4n) is 1.95. The van der Waals surface area contributed by atoms with E-state index in [1.165, 1.54) is 0 Å². The van der Waals surface area contributed by atoms with Crippen LogP contribution in [-0.4, -0.2) is 28.2 Å². The third-order valence-electron chi connectivity index (χ3n) is 2.84. The number of amides is 2. The molecule has 1 aromatic carbocycles. The van der Waals surface area contributed by atoms with E-state index in [9.17, 15) is 4.79 Å². The lowest BCUT2D eigenvalue weighted by Gasteiger charge is -2.15. The molecule has 6 nitrogen and oxygen atoms in total. The molecule has 1 unspecified atom stereocenters. The van der Waals surface area contributed by atoms with Gasteiger partial charge in [0.05, 0.1) is 12.9 Å². The predicted octanol–water partition coefficient (Wildman–Crippen LogP) is 2.49. The van der Waals surface area contributed by atoms with Crippen LogP contribution in [0.25, 0.3) is 0 Å². The van der Waals surface area contributed by atoms with E-state index in [1.807, 2.05) is 48.9 Å². The van der Waals surface area contributed by atoms with Crippen molar-refractivity contribution in [2.24, 2.45) is 0 Å². The number of hydrogen-bond donors (Lipinski definition) is 2. The van der Waals surface area contributed by atoms with Crippen molar-refractivity contribution in [3.05, 3.63) is 43.0 Å². The summed E-state index contributed by atoms with van der Waals surface area (Å²) in [7, 11) is 0. The second-order valence-corrected chi connectivity index (χ2v) is 4.72. The Morgan fingerprint density at radius 1 is 1.38 bits per heavy atom. The van der Waals surface area contributed by atoms with Gasteiger partial charge in [0.25, 0.3) is 0 Å². The fourth-order valence-corrected chi connectivity index (χ4v) is 1.95. The van der Waals surface area contributed by atoms with Gasteiger partial charge in [0.2, 0.25) is 0 Å². The third kappa shape index (κ3) is 4.83. The molecule has 1 atom stereocenters. The van der Waals surface area contributed by atoms with E-state index in [0.29, 0.717) is 13.2 Å². The van der Waals surface area contributed by atoms with Crippen LogP contribution < -0.4 is 15.4 Å². The van der Waals surface area contributed by atoms with Crippen molar-refractivity contribution in [3.8, 4) is 5.75 Å². The van der Waals surface area contributed by atoms with Crippen molar-refractivity contribution >= 4 is 11.7 Å². The zero-order chi connectivity index (χ0) is 15.1. The maximum absolute atomic E-state index is 11.9. The smallest absolute Gasteiger partial charge is 0.319 e. The van der Waals surface area contributed by atoms with Gasteiger partial charge in [0.15, 0.2) is 0 Å². The summed E-state index contributed by atoms with van der Waals surface area (Å²) in [5, 5.41) is 5.67. The zero-order valence-corrected chi connectivity index (χ0v) is 12.2. The number of benzene rings is 1. The minimum absolute atomic E-state index is 0.00176. The predicted molar refractivity (Wildman–Crippen MR) is 81.5 cm³/mol. The molecule has 2 aromatic rings. The number of anilines is 1. The minimum atomic E-state index is -0.230. The van der Waals surface area contributed by atoms with E-state index in [2.05, 4.69) is 15.6 Å². The van der Waals surface area contributed by atoms with Gasteiger partial charge in [0, 0.05) is 30.7 Å². The second-order valence-electron chi connectivity index (χ2n) is 4.72. The fraction of sp³-hybridized carbons (Fsp3) is 0.333. The summed E-state index contributed by atoms with van der Waals surface area (Å²) in [5.41, 5.74) is 0.728. The summed E-state index contributed by atoms with van der Waals surface area (Å²) in [6, 6.07) is 7.05. The van der Waals surface area contributed by atoms with Gasteiger partial charge >= 0.3 is 6.03 Å². The Bertz CT molecular complexity index is 552. The molecule has 2 amide bonds. The number of hydrogen-bond acceptors (Lipinski definition) is 3. The number of carbonyl (C=O) groups excluding carboxylic acids is 1. The second kappa shape index (κ2) is 7.33. The van der Waals surface area contributed by atoms with E-state index in [4.69, 9.17) is 4.74 Å². The molecule has 1 heterocycles. The summed E-state index contributed by atoms with van der Waals surface area (Å²) < 4.78 is 7.27. The Hall–Kier alpha value is -2.50. The number of ether oxygens (including phenoxy) is 1. The molecule has 112 valence electrons. The summed E-state index contributed by atoms with van der Waals surface area (Å²) in [4.78, 5) is 15.9. The van der Waals surface area contributed by atoms with Crippen LogP contribution in [-0.2, 0) is 6.54 Å². The van der Waals surface area contributed by atoms with E-state index in [0.717, 1.165) is 11.4 Å². The van der Waals surface area contributed by atoms with Crippen LogP contribution in [0.5, 0.6) is 5.75 Å². The van der Waals surface area contributed by atoms with Crippen molar-refractivity contribution in [1.29, 1.82) is 0 Å². The standard InChI is InChI=1S/C15H20N4O2/c1-3-21-14-6-4-13(5-7-14)18-15(20)17-12(2)10-19-9-8-16-11-19/h4-9,11-12H,3,10H2,1-2H3,(H2,17,18,20). The highest BCUT2D eigenvalue weighted by Gasteiger charge is 2.08. The molecule has 0 aliphatic rings. The number of imidazole rings is 1. The molecule has 0 bridgehead atoms. The van der Waals surface area contributed by atoms with Crippen LogP contribution in [0.4, 0.5) is 10.5 Å². The SMILES string of the molecule is CCOc1ccc(NC(=O)NC(C)Cn2ccnc2)cc1. The lowest BCUT2D eigenvalue weighted by atomic mass is 10.3. The summed E-state index contributed by atoms with van der Waals surface area (Å²) in [6.45, 7) is 5.18. The van der Waals surface area contributed by atoms with Crippen molar-refractivity contribution < 1.29 is 9.53 Å². The molecule has 0 aliphatic carbocycles. The van der Waals surface area contributed by atoms with Gasteiger partial charge in [-0.15, -0.1) is 0 Å². The van der Waals surface area contributed by atoms with E-state index in [-0.39, 0.29) is 12.1 Å². The molecule has 2 N–H and O–H groups in total.